The first kappa shape index (κ1) is 12.0. The second kappa shape index (κ2) is 4.83. The molecule has 0 aliphatic carbocycles. The molecule has 6 heteroatoms. The van der Waals surface area contributed by atoms with E-state index < -0.39 is 6.04 Å². The van der Waals surface area contributed by atoms with E-state index >= 15 is 0 Å². The molecule has 17 heavy (non-hydrogen) atoms. The molecule has 1 aliphatic rings. The van der Waals surface area contributed by atoms with Crippen LogP contribution in [0.2, 0.25) is 0 Å². The van der Waals surface area contributed by atoms with Gasteiger partial charge in [0.15, 0.2) is 12.0 Å². The third-order valence-corrected chi connectivity index (χ3v) is 2.65. The van der Waals surface area contributed by atoms with Crippen LogP contribution in [0.25, 0.3) is 0 Å². The smallest absolute Gasteiger partial charge is 0.256 e. The molecular weight excluding hydrogens is 284 g/mol. The van der Waals surface area contributed by atoms with E-state index in [0.29, 0.717) is 5.96 Å². The van der Waals surface area contributed by atoms with Crippen molar-refractivity contribution in [1.29, 1.82) is 0 Å². The third-order valence-electron chi connectivity index (χ3n) is 2.22. The highest BCUT2D eigenvalue weighted by molar-refractivity contribution is 9.10. The van der Waals surface area contributed by atoms with Crippen molar-refractivity contribution in [3.05, 3.63) is 28.5 Å². The van der Waals surface area contributed by atoms with E-state index in [-0.39, 0.29) is 11.9 Å². The molecule has 90 valence electrons. The number of nitrogens with one attached hydrogen (secondary N) is 2. The second-order valence-corrected chi connectivity index (χ2v) is 5.02. The number of hydrogen-bond acceptors (Lipinski definition) is 4. The van der Waals surface area contributed by atoms with Crippen molar-refractivity contribution < 1.29 is 4.79 Å². The maximum atomic E-state index is 11.8. The Labute approximate surface area is 108 Å². The van der Waals surface area contributed by atoms with Gasteiger partial charge in [-0.3, -0.25) is 15.1 Å². The number of carbonyl (C=O) groups excluding carboxylic acids is 1. The predicted octanol–water partition coefficient (Wildman–Crippen LogP) is 1.37. The van der Waals surface area contributed by atoms with Gasteiger partial charge in [0.1, 0.15) is 0 Å². The first-order chi connectivity index (χ1) is 8.06. The summed E-state index contributed by atoms with van der Waals surface area (Å²) in [6.45, 7) is 3.98. The van der Waals surface area contributed by atoms with Gasteiger partial charge in [0, 0.05) is 28.5 Å². The summed E-state index contributed by atoms with van der Waals surface area (Å²) in [7, 11) is 0. The van der Waals surface area contributed by atoms with E-state index in [1.165, 1.54) is 0 Å². The molecule has 2 N–H and O–H groups in total. The summed E-state index contributed by atoms with van der Waals surface area (Å²) in [6, 6.07) is 1.56. The zero-order valence-electron chi connectivity index (χ0n) is 9.57. The monoisotopic (exact) mass is 296 g/mol. The van der Waals surface area contributed by atoms with Crippen molar-refractivity contribution in [2.24, 2.45) is 4.99 Å². The third kappa shape index (κ3) is 2.82. The minimum Gasteiger partial charge on any atom is -0.354 e. The fraction of sp³-hybridized carbons (Fsp3) is 0.364. The highest BCUT2D eigenvalue weighted by atomic mass is 79.9. The number of pyridine rings is 1. The molecule has 5 nitrogen and oxygen atoms in total. The molecule has 1 amide bonds. The van der Waals surface area contributed by atoms with E-state index in [1.54, 1.807) is 12.4 Å². The molecule has 1 aliphatic heterocycles. The number of aromatic nitrogens is 1. The number of hydrogen-bond donors (Lipinski definition) is 2. The molecular formula is C11H13BrN4O. The van der Waals surface area contributed by atoms with E-state index in [2.05, 4.69) is 36.5 Å². The molecule has 1 unspecified atom stereocenters. The highest BCUT2D eigenvalue weighted by Gasteiger charge is 2.28. The topological polar surface area (TPSA) is 66.4 Å². The summed E-state index contributed by atoms with van der Waals surface area (Å²) in [5.41, 5.74) is 0.775. The normalized spacial score (nSPS) is 19.2. The molecule has 0 bridgehead atoms. The van der Waals surface area contributed by atoms with Crippen molar-refractivity contribution in [3.8, 4) is 0 Å². The van der Waals surface area contributed by atoms with Crippen LogP contribution in [-0.2, 0) is 4.79 Å². The van der Waals surface area contributed by atoms with Gasteiger partial charge in [-0.25, -0.2) is 4.99 Å². The van der Waals surface area contributed by atoms with E-state index in [0.717, 1.165) is 10.0 Å². The lowest BCUT2D eigenvalue weighted by Gasteiger charge is -2.07. The van der Waals surface area contributed by atoms with Gasteiger partial charge < -0.3 is 5.32 Å². The van der Waals surface area contributed by atoms with Gasteiger partial charge in [0.2, 0.25) is 0 Å². The molecule has 1 aromatic rings. The van der Waals surface area contributed by atoms with E-state index in [9.17, 15) is 4.79 Å². The van der Waals surface area contributed by atoms with Crippen LogP contribution in [-0.4, -0.2) is 22.9 Å². The number of amides is 1. The first-order valence-corrected chi connectivity index (χ1v) is 6.11. The van der Waals surface area contributed by atoms with Crippen molar-refractivity contribution in [2.45, 2.75) is 25.9 Å². The maximum absolute atomic E-state index is 11.8. The standard InChI is InChI=1S/C11H13BrN4O/c1-6(2)14-11-15-9(10(17)16-11)7-3-8(12)5-13-4-7/h3-6,9H,1-2H3,(H2,14,15,16,17). The zero-order chi connectivity index (χ0) is 12.4. The lowest BCUT2D eigenvalue weighted by atomic mass is 10.1. The molecule has 1 aromatic heterocycles. The van der Waals surface area contributed by atoms with Gasteiger partial charge in [-0.05, 0) is 35.8 Å². The largest absolute Gasteiger partial charge is 0.354 e. The highest BCUT2D eigenvalue weighted by Crippen LogP contribution is 2.22. The van der Waals surface area contributed by atoms with E-state index in [4.69, 9.17) is 0 Å². The van der Waals surface area contributed by atoms with Crippen molar-refractivity contribution in [3.63, 3.8) is 0 Å². The predicted molar refractivity (Wildman–Crippen MR) is 68.5 cm³/mol. The Hall–Kier alpha value is -1.43. The summed E-state index contributed by atoms with van der Waals surface area (Å²) in [5.74, 6) is 0.392. The lowest BCUT2D eigenvalue weighted by Crippen LogP contribution is -2.40. The molecule has 0 fully saturated rings. The minimum absolute atomic E-state index is 0.131. The fourth-order valence-electron chi connectivity index (χ4n) is 1.56. The van der Waals surface area contributed by atoms with Gasteiger partial charge in [0.05, 0.1) is 0 Å². The SMILES string of the molecule is CC(C)NC1=NC(c2cncc(Br)c2)C(=O)N1. The minimum atomic E-state index is -0.513. The van der Waals surface area contributed by atoms with Crippen molar-refractivity contribution >= 4 is 27.8 Å². The summed E-state index contributed by atoms with van der Waals surface area (Å²) < 4.78 is 0.836. The number of halogens is 1. The van der Waals surface area contributed by atoms with Gasteiger partial charge in [-0.15, -0.1) is 0 Å². The Morgan fingerprint density at radius 2 is 2.24 bits per heavy atom. The van der Waals surface area contributed by atoms with Crippen LogP contribution in [0.3, 0.4) is 0 Å². The summed E-state index contributed by atoms with van der Waals surface area (Å²) in [5, 5.41) is 5.78. The van der Waals surface area contributed by atoms with Crippen LogP contribution in [0, 0.1) is 0 Å². The van der Waals surface area contributed by atoms with Gasteiger partial charge in [-0.1, -0.05) is 0 Å². The summed E-state index contributed by atoms with van der Waals surface area (Å²) in [4.78, 5) is 20.1. The summed E-state index contributed by atoms with van der Waals surface area (Å²) in [6.07, 6.45) is 3.32. The average Bonchev–Trinajstić information content (AvgIpc) is 2.58. The molecule has 0 saturated heterocycles. The molecule has 0 saturated carbocycles. The van der Waals surface area contributed by atoms with Crippen molar-refractivity contribution in [1.82, 2.24) is 15.6 Å². The Bertz CT molecular complexity index is 472. The molecule has 2 heterocycles. The number of aliphatic imine (C=N–C) groups is 1. The van der Waals surface area contributed by atoms with Gasteiger partial charge in [-0.2, -0.15) is 0 Å². The lowest BCUT2D eigenvalue weighted by molar-refractivity contribution is -0.120. The van der Waals surface area contributed by atoms with E-state index in [1.807, 2.05) is 19.9 Å². The number of rotatable bonds is 2. The molecule has 2 rings (SSSR count). The fourth-order valence-corrected chi connectivity index (χ4v) is 1.94. The Kier molecular flexibility index (Phi) is 3.42. The van der Waals surface area contributed by atoms with Gasteiger partial charge >= 0.3 is 0 Å². The number of carbonyl (C=O) groups is 1. The first-order valence-electron chi connectivity index (χ1n) is 5.32. The Morgan fingerprint density at radius 1 is 1.47 bits per heavy atom. The van der Waals surface area contributed by atoms with Gasteiger partial charge in [0.25, 0.3) is 5.91 Å². The van der Waals surface area contributed by atoms with Crippen LogP contribution in [0.4, 0.5) is 0 Å². The van der Waals surface area contributed by atoms with Crippen LogP contribution < -0.4 is 10.6 Å². The average molecular weight is 297 g/mol. The summed E-state index contributed by atoms with van der Waals surface area (Å²) >= 11 is 3.33. The van der Waals surface area contributed by atoms with Crippen LogP contribution in [0.1, 0.15) is 25.5 Å². The Morgan fingerprint density at radius 3 is 2.88 bits per heavy atom. The van der Waals surface area contributed by atoms with Crippen molar-refractivity contribution in [2.75, 3.05) is 0 Å². The molecule has 0 spiro atoms. The molecule has 0 aromatic carbocycles. The zero-order valence-corrected chi connectivity index (χ0v) is 11.2. The Balaban J connectivity index is 2.21. The second-order valence-electron chi connectivity index (χ2n) is 4.11. The maximum Gasteiger partial charge on any atom is 0.256 e. The number of guanidine groups is 1. The number of nitrogens with zero attached hydrogens (tertiary/aromatic N) is 2. The molecule has 0 radical (unpaired) electrons. The quantitative estimate of drug-likeness (QED) is 0.866. The van der Waals surface area contributed by atoms with Crippen LogP contribution in [0.5, 0.6) is 0 Å². The molecule has 1 atom stereocenters. The van der Waals surface area contributed by atoms with Crippen LogP contribution >= 0.6 is 15.9 Å². The van der Waals surface area contributed by atoms with Crippen LogP contribution in [0.15, 0.2) is 27.9 Å².